The van der Waals surface area contributed by atoms with E-state index in [1.807, 2.05) is 0 Å². The Bertz CT molecular complexity index is 461. The normalized spacial score (nSPS) is 31.1. The molecule has 102 valence electrons. The molecule has 0 aromatic heterocycles. The van der Waals surface area contributed by atoms with Gasteiger partial charge in [0.15, 0.2) is 0 Å². The van der Waals surface area contributed by atoms with Crippen molar-refractivity contribution >= 4 is 0 Å². The van der Waals surface area contributed by atoms with Crippen LogP contribution in [0.4, 0.5) is 0 Å². The van der Waals surface area contributed by atoms with Crippen LogP contribution in [-0.4, -0.2) is 44.7 Å². The first-order chi connectivity index (χ1) is 9.38. The largest absolute Gasteiger partial charge is 0.490 e. The van der Waals surface area contributed by atoms with E-state index >= 15 is 0 Å². The van der Waals surface area contributed by atoms with Crippen molar-refractivity contribution in [3.8, 4) is 5.75 Å². The third-order valence-corrected chi connectivity index (χ3v) is 3.74. The van der Waals surface area contributed by atoms with E-state index in [-0.39, 0.29) is 0 Å². The van der Waals surface area contributed by atoms with E-state index in [0.29, 0.717) is 24.9 Å². The van der Waals surface area contributed by atoms with Crippen LogP contribution in [0.3, 0.4) is 0 Å². The molecule has 0 spiro atoms. The van der Waals surface area contributed by atoms with E-state index in [9.17, 15) is 0 Å². The lowest BCUT2D eigenvalue weighted by Gasteiger charge is -2.14. The maximum atomic E-state index is 5.91. The van der Waals surface area contributed by atoms with E-state index in [1.165, 1.54) is 11.1 Å². The van der Waals surface area contributed by atoms with Gasteiger partial charge in [0.1, 0.15) is 18.5 Å². The van der Waals surface area contributed by atoms with Crippen molar-refractivity contribution in [3.63, 3.8) is 0 Å². The van der Waals surface area contributed by atoms with Gasteiger partial charge in [-0.2, -0.15) is 0 Å². The van der Waals surface area contributed by atoms with Gasteiger partial charge in [-0.3, -0.25) is 0 Å². The molecule has 0 radical (unpaired) electrons. The van der Waals surface area contributed by atoms with Gasteiger partial charge in [0.2, 0.25) is 0 Å². The summed E-state index contributed by atoms with van der Waals surface area (Å²) in [5.41, 5.74) is 2.63. The summed E-state index contributed by atoms with van der Waals surface area (Å²) in [6, 6.07) is 6.30. The van der Waals surface area contributed by atoms with Gasteiger partial charge in [0.05, 0.1) is 32.0 Å². The highest BCUT2D eigenvalue weighted by molar-refractivity contribution is 5.42. The first-order valence-electron chi connectivity index (χ1n) is 6.97. The highest BCUT2D eigenvalue weighted by Crippen LogP contribution is 2.31. The lowest BCUT2D eigenvalue weighted by molar-refractivity contribution is 0.260. The Morgan fingerprint density at radius 1 is 0.947 bits per heavy atom. The van der Waals surface area contributed by atoms with Gasteiger partial charge in [-0.1, -0.05) is 12.1 Å². The molecule has 3 fully saturated rings. The molecule has 3 atom stereocenters. The lowest BCUT2D eigenvalue weighted by atomic mass is 9.98. The van der Waals surface area contributed by atoms with Gasteiger partial charge in [-0.15, -0.1) is 0 Å². The molecule has 0 amide bonds. The Morgan fingerprint density at radius 3 is 2.32 bits per heavy atom. The highest BCUT2D eigenvalue weighted by Gasteiger charge is 2.30. The van der Waals surface area contributed by atoms with Gasteiger partial charge in [0, 0.05) is 18.4 Å². The number of hydrogen-bond acceptors (Lipinski definition) is 4. The molecule has 19 heavy (non-hydrogen) atoms. The van der Waals surface area contributed by atoms with Crippen LogP contribution in [0.15, 0.2) is 18.2 Å². The first kappa shape index (κ1) is 11.7. The van der Waals surface area contributed by atoms with E-state index in [1.54, 1.807) is 0 Å². The van der Waals surface area contributed by atoms with Crippen molar-refractivity contribution < 1.29 is 18.9 Å². The maximum absolute atomic E-state index is 5.91. The molecule has 0 saturated carbocycles. The van der Waals surface area contributed by atoms with Crippen molar-refractivity contribution in [1.29, 1.82) is 0 Å². The quantitative estimate of drug-likeness (QED) is 0.696. The van der Waals surface area contributed by atoms with Crippen LogP contribution < -0.4 is 4.74 Å². The van der Waals surface area contributed by atoms with Crippen molar-refractivity contribution in [3.05, 3.63) is 29.3 Å². The average molecular weight is 262 g/mol. The number of benzene rings is 1. The maximum Gasteiger partial charge on any atom is 0.123 e. The smallest absolute Gasteiger partial charge is 0.123 e. The lowest BCUT2D eigenvalue weighted by Crippen LogP contribution is -2.09. The summed E-state index contributed by atoms with van der Waals surface area (Å²) in [5.74, 6) is 0.990. The van der Waals surface area contributed by atoms with Gasteiger partial charge in [-0.05, 0) is 11.6 Å². The second kappa shape index (κ2) is 4.78. The van der Waals surface area contributed by atoms with E-state index in [0.717, 1.165) is 38.4 Å². The summed E-state index contributed by atoms with van der Waals surface area (Å²) >= 11 is 0. The average Bonchev–Trinajstić information content (AvgIpc) is 3.25. The molecule has 4 heteroatoms. The summed E-state index contributed by atoms with van der Waals surface area (Å²) in [6.07, 6.45) is 3.00. The number of epoxide rings is 3. The fraction of sp³-hybridized carbons (Fsp3) is 0.600. The summed E-state index contributed by atoms with van der Waals surface area (Å²) in [4.78, 5) is 0. The van der Waals surface area contributed by atoms with Crippen molar-refractivity contribution in [1.82, 2.24) is 0 Å². The zero-order chi connectivity index (χ0) is 12.7. The molecule has 0 aliphatic carbocycles. The van der Waals surface area contributed by atoms with Crippen LogP contribution in [0.1, 0.15) is 11.1 Å². The summed E-state index contributed by atoms with van der Waals surface area (Å²) in [5, 5.41) is 0. The van der Waals surface area contributed by atoms with Gasteiger partial charge in [-0.25, -0.2) is 0 Å². The minimum atomic E-state index is 0.292. The zero-order valence-corrected chi connectivity index (χ0v) is 10.8. The number of ether oxygens (including phenoxy) is 4. The Morgan fingerprint density at radius 2 is 1.63 bits per heavy atom. The van der Waals surface area contributed by atoms with E-state index in [4.69, 9.17) is 18.9 Å². The third kappa shape index (κ3) is 3.08. The van der Waals surface area contributed by atoms with Crippen LogP contribution in [0.5, 0.6) is 5.75 Å². The van der Waals surface area contributed by atoms with E-state index < -0.39 is 0 Å². The second-order valence-electron chi connectivity index (χ2n) is 5.48. The molecule has 4 rings (SSSR count). The predicted molar refractivity (Wildman–Crippen MR) is 68.6 cm³/mol. The fourth-order valence-electron chi connectivity index (χ4n) is 2.36. The van der Waals surface area contributed by atoms with Crippen LogP contribution in [0.2, 0.25) is 0 Å². The molecule has 1 aromatic rings. The summed E-state index contributed by atoms with van der Waals surface area (Å²) in [7, 11) is 0. The van der Waals surface area contributed by atoms with Crippen molar-refractivity contribution in [2.24, 2.45) is 0 Å². The number of hydrogen-bond donors (Lipinski definition) is 0. The van der Waals surface area contributed by atoms with E-state index in [2.05, 4.69) is 18.2 Å². The van der Waals surface area contributed by atoms with Crippen LogP contribution >= 0.6 is 0 Å². The molecule has 0 N–H and O–H groups in total. The first-order valence-corrected chi connectivity index (χ1v) is 6.97. The van der Waals surface area contributed by atoms with Gasteiger partial charge < -0.3 is 18.9 Å². The predicted octanol–water partition coefficient (Wildman–Crippen LogP) is 1.35. The molecule has 3 unspecified atom stereocenters. The van der Waals surface area contributed by atoms with Crippen LogP contribution in [-0.2, 0) is 27.1 Å². The topological polar surface area (TPSA) is 46.8 Å². The Hall–Kier alpha value is -1.10. The molecule has 0 bridgehead atoms. The SMILES string of the molecule is c1cc(CC2CO2)c(CC2CO2)c(OCC2CO2)c1. The molecular formula is C15H18O4. The Labute approximate surface area is 112 Å². The minimum absolute atomic E-state index is 0.292. The van der Waals surface area contributed by atoms with Crippen molar-refractivity contribution in [2.45, 2.75) is 31.2 Å². The summed E-state index contributed by atoms with van der Waals surface area (Å²) in [6.45, 7) is 3.25. The Kier molecular flexibility index (Phi) is 2.94. The molecule has 3 aliphatic rings. The van der Waals surface area contributed by atoms with Crippen LogP contribution in [0.25, 0.3) is 0 Å². The van der Waals surface area contributed by atoms with Gasteiger partial charge in [0.25, 0.3) is 0 Å². The highest BCUT2D eigenvalue weighted by atomic mass is 16.6. The molecular weight excluding hydrogens is 244 g/mol. The molecule has 3 heterocycles. The molecule has 4 nitrogen and oxygen atoms in total. The molecule has 3 saturated heterocycles. The molecule has 1 aromatic carbocycles. The number of rotatable bonds is 7. The van der Waals surface area contributed by atoms with Crippen LogP contribution in [0, 0.1) is 0 Å². The van der Waals surface area contributed by atoms with Gasteiger partial charge >= 0.3 is 0 Å². The molecule has 3 aliphatic heterocycles. The van der Waals surface area contributed by atoms with Crippen molar-refractivity contribution in [2.75, 3.05) is 26.4 Å². The standard InChI is InChI=1S/C15H18O4/c1-2-10(4-11-6-16-11)14(5-12-7-17-12)15(3-1)19-9-13-8-18-13/h1-3,11-13H,4-9H2. The monoisotopic (exact) mass is 262 g/mol. The third-order valence-electron chi connectivity index (χ3n) is 3.74. The summed E-state index contributed by atoms with van der Waals surface area (Å²) < 4.78 is 21.8. The minimum Gasteiger partial charge on any atom is -0.490 e. The Balaban J connectivity index is 1.54. The second-order valence-corrected chi connectivity index (χ2v) is 5.48. The zero-order valence-electron chi connectivity index (χ0n) is 10.8. The fourth-order valence-corrected chi connectivity index (χ4v) is 2.36.